The van der Waals surface area contributed by atoms with E-state index in [9.17, 15) is 9.59 Å². The number of thiazole rings is 1. The summed E-state index contributed by atoms with van der Waals surface area (Å²) in [5.74, 6) is 0.424. The van der Waals surface area contributed by atoms with E-state index in [1.54, 1.807) is 18.3 Å². The van der Waals surface area contributed by atoms with Crippen molar-refractivity contribution in [2.24, 2.45) is 11.7 Å². The maximum absolute atomic E-state index is 11.8. The van der Waals surface area contributed by atoms with Gasteiger partial charge in [-0.25, -0.2) is 4.98 Å². The van der Waals surface area contributed by atoms with E-state index in [4.69, 9.17) is 10.7 Å². The summed E-state index contributed by atoms with van der Waals surface area (Å²) < 4.78 is 0. The Bertz CT molecular complexity index is 599. The highest BCUT2D eigenvalue weighted by molar-refractivity contribution is 7.14. The predicted octanol–water partition coefficient (Wildman–Crippen LogP) is 2.14. The lowest BCUT2D eigenvalue weighted by atomic mass is 9.93. The Kier molecular flexibility index (Phi) is 5.50. The molecule has 0 spiro atoms. The molecule has 2 N–H and O–H groups in total. The Morgan fingerprint density at radius 2 is 2.21 bits per heavy atom. The highest BCUT2D eigenvalue weighted by Crippen LogP contribution is 2.34. The summed E-state index contributed by atoms with van der Waals surface area (Å²) in [6.45, 7) is 4.51. The summed E-state index contributed by atoms with van der Waals surface area (Å²) in [5, 5.41) is 2.91. The predicted molar refractivity (Wildman–Crippen MR) is 94.7 cm³/mol. The number of hydrogen-bond acceptors (Lipinski definition) is 5. The minimum atomic E-state index is -0.208. The largest absolute Gasteiger partial charge is 0.370 e. The molecule has 1 aliphatic carbocycles. The molecule has 24 heavy (non-hydrogen) atoms. The monoisotopic (exact) mass is 350 g/mol. The number of rotatable bonds is 7. The first kappa shape index (κ1) is 17.4. The van der Waals surface area contributed by atoms with Crippen LogP contribution >= 0.6 is 11.3 Å². The molecule has 1 saturated heterocycles. The van der Waals surface area contributed by atoms with Gasteiger partial charge in [0.05, 0.1) is 5.69 Å². The van der Waals surface area contributed by atoms with Crippen LogP contribution < -0.4 is 10.6 Å². The molecule has 2 fully saturated rings. The average Bonchev–Trinajstić information content (AvgIpc) is 3.25. The number of amides is 2. The average molecular weight is 350 g/mol. The Hall–Kier alpha value is -1.47. The molecule has 132 valence electrons. The van der Waals surface area contributed by atoms with Crippen molar-refractivity contribution in [2.45, 2.75) is 58.0 Å². The molecule has 1 saturated carbocycles. The number of aromatic nitrogens is 1. The van der Waals surface area contributed by atoms with Crippen molar-refractivity contribution in [1.82, 2.24) is 9.88 Å². The molecule has 1 aromatic rings. The third-order valence-electron chi connectivity index (χ3n) is 4.78. The number of hydrogen-bond donors (Lipinski definition) is 1. The van der Waals surface area contributed by atoms with Crippen LogP contribution in [0.2, 0.25) is 0 Å². The summed E-state index contributed by atoms with van der Waals surface area (Å²) in [4.78, 5) is 31.8. The molecule has 1 aliphatic heterocycles. The number of anilines is 1. The van der Waals surface area contributed by atoms with Crippen molar-refractivity contribution >= 4 is 28.3 Å². The van der Waals surface area contributed by atoms with Crippen LogP contribution in [-0.2, 0) is 16.1 Å². The summed E-state index contributed by atoms with van der Waals surface area (Å²) in [5.41, 5.74) is 6.30. The smallest absolute Gasteiger partial charge is 0.225 e. The van der Waals surface area contributed by atoms with Crippen LogP contribution in [0.25, 0.3) is 0 Å². The summed E-state index contributed by atoms with van der Waals surface area (Å²) in [6.07, 6.45) is 5.86. The van der Waals surface area contributed by atoms with Crippen molar-refractivity contribution in [3.8, 4) is 0 Å². The van der Waals surface area contributed by atoms with Gasteiger partial charge in [-0.3, -0.25) is 19.4 Å². The number of piperidine rings is 1. The number of carbonyl (C=O) groups is 2. The summed E-state index contributed by atoms with van der Waals surface area (Å²) in [7, 11) is 0. The molecular weight excluding hydrogens is 324 g/mol. The van der Waals surface area contributed by atoms with Gasteiger partial charge in [0.2, 0.25) is 11.8 Å². The van der Waals surface area contributed by atoms with E-state index in [0.717, 1.165) is 56.1 Å². The maximum atomic E-state index is 11.8. The molecule has 1 atom stereocenters. The van der Waals surface area contributed by atoms with E-state index in [1.165, 1.54) is 6.42 Å². The fourth-order valence-corrected chi connectivity index (χ4v) is 4.40. The second-order valence-corrected chi connectivity index (χ2v) is 7.83. The molecule has 2 heterocycles. The van der Waals surface area contributed by atoms with Crippen LogP contribution in [-0.4, -0.2) is 40.8 Å². The van der Waals surface area contributed by atoms with Crippen molar-refractivity contribution in [1.29, 1.82) is 0 Å². The molecule has 1 aromatic heterocycles. The standard InChI is InChI=1S/C17H26N4O2S/c1-12(22)21(15-5-6-15)17-19-14(11-24-17)10-20-8-2-3-13(9-20)4-7-16(18)23/h11,13,15H,2-10H2,1H3,(H2,18,23). The van der Waals surface area contributed by atoms with Gasteiger partial charge in [0.1, 0.15) is 0 Å². The van der Waals surface area contributed by atoms with Crippen LogP contribution in [0, 0.1) is 5.92 Å². The normalized spacial score (nSPS) is 21.6. The topological polar surface area (TPSA) is 79.5 Å². The lowest BCUT2D eigenvalue weighted by molar-refractivity contribution is -0.118. The number of carbonyl (C=O) groups excluding carboxylic acids is 2. The zero-order valence-electron chi connectivity index (χ0n) is 14.2. The van der Waals surface area contributed by atoms with E-state index < -0.39 is 0 Å². The van der Waals surface area contributed by atoms with Gasteiger partial charge in [-0.15, -0.1) is 11.3 Å². The Balaban J connectivity index is 1.56. The van der Waals surface area contributed by atoms with E-state index in [1.807, 2.05) is 4.90 Å². The maximum Gasteiger partial charge on any atom is 0.225 e. The fraction of sp³-hybridized carbons (Fsp3) is 0.706. The zero-order valence-corrected chi connectivity index (χ0v) is 15.1. The number of nitrogens with zero attached hydrogens (tertiary/aromatic N) is 3. The number of nitrogens with two attached hydrogens (primary N) is 1. The van der Waals surface area contributed by atoms with E-state index in [-0.39, 0.29) is 11.8 Å². The van der Waals surface area contributed by atoms with Gasteiger partial charge in [-0.05, 0) is 44.6 Å². The highest BCUT2D eigenvalue weighted by atomic mass is 32.1. The van der Waals surface area contributed by atoms with Crippen molar-refractivity contribution in [3.63, 3.8) is 0 Å². The van der Waals surface area contributed by atoms with Crippen LogP contribution in [0.1, 0.15) is 51.1 Å². The third kappa shape index (κ3) is 4.54. The molecule has 0 radical (unpaired) electrons. The quantitative estimate of drug-likeness (QED) is 0.817. The van der Waals surface area contributed by atoms with Gasteiger partial charge in [0.15, 0.2) is 5.13 Å². The zero-order chi connectivity index (χ0) is 17.1. The van der Waals surface area contributed by atoms with E-state index in [2.05, 4.69) is 10.3 Å². The SMILES string of the molecule is CC(=O)N(c1nc(CN2CCCC(CCC(N)=O)C2)cs1)C1CC1. The number of likely N-dealkylation sites (tertiary alicyclic amines) is 1. The van der Waals surface area contributed by atoms with Gasteiger partial charge < -0.3 is 5.73 Å². The Labute approximate surface area is 147 Å². The molecule has 6 nitrogen and oxygen atoms in total. The van der Waals surface area contributed by atoms with Gasteiger partial charge in [-0.1, -0.05) is 0 Å². The molecule has 0 aromatic carbocycles. The second kappa shape index (κ2) is 7.61. The molecule has 3 rings (SSSR count). The minimum Gasteiger partial charge on any atom is -0.370 e. The Morgan fingerprint density at radius 3 is 2.88 bits per heavy atom. The van der Waals surface area contributed by atoms with Crippen LogP contribution in [0.4, 0.5) is 5.13 Å². The van der Waals surface area contributed by atoms with Gasteiger partial charge in [-0.2, -0.15) is 0 Å². The van der Waals surface area contributed by atoms with Crippen LogP contribution in [0.5, 0.6) is 0 Å². The van der Waals surface area contributed by atoms with Crippen LogP contribution in [0.3, 0.4) is 0 Å². The highest BCUT2D eigenvalue weighted by Gasteiger charge is 2.33. The molecule has 2 amide bonds. The fourth-order valence-electron chi connectivity index (χ4n) is 3.47. The molecule has 1 unspecified atom stereocenters. The molecule has 7 heteroatoms. The van der Waals surface area contributed by atoms with Crippen LogP contribution in [0.15, 0.2) is 5.38 Å². The lowest BCUT2D eigenvalue weighted by Crippen LogP contribution is -2.35. The number of primary amides is 1. The molecular formula is C17H26N4O2S. The minimum absolute atomic E-state index is 0.0860. The van der Waals surface area contributed by atoms with Gasteiger partial charge in [0.25, 0.3) is 0 Å². The van der Waals surface area contributed by atoms with E-state index >= 15 is 0 Å². The first-order valence-corrected chi connectivity index (χ1v) is 9.65. The molecule has 0 bridgehead atoms. The van der Waals surface area contributed by atoms with Crippen molar-refractivity contribution < 1.29 is 9.59 Å². The first-order valence-electron chi connectivity index (χ1n) is 8.78. The van der Waals surface area contributed by atoms with E-state index in [0.29, 0.717) is 18.4 Å². The Morgan fingerprint density at radius 1 is 1.42 bits per heavy atom. The first-order chi connectivity index (χ1) is 11.5. The van der Waals surface area contributed by atoms with Crippen molar-refractivity contribution in [2.75, 3.05) is 18.0 Å². The van der Waals surface area contributed by atoms with Gasteiger partial charge >= 0.3 is 0 Å². The third-order valence-corrected chi connectivity index (χ3v) is 5.67. The lowest BCUT2D eigenvalue weighted by Gasteiger charge is -2.32. The van der Waals surface area contributed by atoms with Crippen molar-refractivity contribution in [3.05, 3.63) is 11.1 Å². The molecule has 2 aliphatic rings. The summed E-state index contributed by atoms with van der Waals surface area (Å²) in [6, 6.07) is 0.356. The summed E-state index contributed by atoms with van der Waals surface area (Å²) >= 11 is 1.56. The second-order valence-electron chi connectivity index (χ2n) is 6.99. The van der Waals surface area contributed by atoms with Gasteiger partial charge in [0, 0.05) is 37.9 Å².